The molecule has 0 heterocycles. The molecule has 0 radical (unpaired) electrons. The van der Waals surface area contributed by atoms with Crippen molar-refractivity contribution in [2.75, 3.05) is 13.7 Å². The highest BCUT2D eigenvalue weighted by Crippen LogP contribution is 2.36. The zero-order chi connectivity index (χ0) is 13.2. The van der Waals surface area contributed by atoms with Gasteiger partial charge in [-0.3, -0.25) is 0 Å². The van der Waals surface area contributed by atoms with Gasteiger partial charge in [0.25, 0.3) is 0 Å². The summed E-state index contributed by atoms with van der Waals surface area (Å²) < 4.78 is 5.99. The highest BCUT2D eigenvalue weighted by Gasteiger charge is 2.23. The standard InChI is InChI=1S/C16H25NO/c1-16(2,3)10-11-18-15-7-5-6-12-13(15)8-9-14(12)17-4/h5-7,14,17H,8-11H2,1-4H3. The Labute approximate surface area is 111 Å². The predicted molar refractivity (Wildman–Crippen MR) is 76.1 cm³/mol. The Balaban J connectivity index is 2.04. The quantitative estimate of drug-likeness (QED) is 0.875. The van der Waals surface area contributed by atoms with E-state index in [1.807, 2.05) is 7.05 Å². The molecule has 100 valence electrons. The molecule has 18 heavy (non-hydrogen) atoms. The van der Waals surface area contributed by atoms with E-state index in [0.717, 1.165) is 25.2 Å². The van der Waals surface area contributed by atoms with Crippen molar-refractivity contribution in [2.45, 2.75) is 46.1 Å². The van der Waals surface area contributed by atoms with E-state index < -0.39 is 0 Å². The number of benzene rings is 1. The Hall–Kier alpha value is -1.02. The van der Waals surface area contributed by atoms with Gasteiger partial charge in [-0.05, 0) is 48.9 Å². The number of rotatable bonds is 4. The molecule has 2 heteroatoms. The Morgan fingerprint density at radius 2 is 2.11 bits per heavy atom. The van der Waals surface area contributed by atoms with Crippen molar-refractivity contribution in [2.24, 2.45) is 5.41 Å². The third kappa shape index (κ3) is 3.05. The molecule has 0 bridgehead atoms. The van der Waals surface area contributed by atoms with Crippen LogP contribution in [0.15, 0.2) is 18.2 Å². The molecule has 0 saturated heterocycles. The van der Waals surface area contributed by atoms with Crippen molar-refractivity contribution in [3.05, 3.63) is 29.3 Å². The first kappa shape index (κ1) is 13.4. The zero-order valence-corrected chi connectivity index (χ0v) is 12.0. The highest BCUT2D eigenvalue weighted by atomic mass is 16.5. The summed E-state index contributed by atoms with van der Waals surface area (Å²) in [5.41, 5.74) is 3.17. The molecule has 0 fully saturated rings. The number of hydrogen-bond acceptors (Lipinski definition) is 2. The second-order valence-corrected chi connectivity index (χ2v) is 6.36. The second kappa shape index (κ2) is 5.31. The van der Waals surface area contributed by atoms with Crippen molar-refractivity contribution < 1.29 is 4.74 Å². The first-order valence-electron chi connectivity index (χ1n) is 6.93. The fourth-order valence-electron chi connectivity index (χ4n) is 2.52. The maximum absolute atomic E-state index is 5.99. The number of nitrogens with one attached hydrogen (secondary N) is 1. The minimum Gasteiger partial charge on any atom is -0.493 e. The smallest absolute Gasteiger partial charge is 0.122 e. The van der Waals surface area contributed by atoms with Gasteiger partial charge in [0.05, 0.1) is 6.61 Å². The summed E-state index contributed by atoms with van der Waals surface area (Å²) in [7, 11) is 2.03. The van der Waals surface area contributed by atoms with Crippen LogP contribution < -0.4 is 10.1 Å². The van der Waals surface area contributed by atoms with Crippen molar-refractivity contribution in [3.63, 3.8) is 0 Å². The first-order chi connectivity index (χ1) is 8.51. The minimum absolute atomic E-state index is 0.339. The number of ether oxygens (including phenoxy) is 1. The molecular formula is C16H25NO. The van der Waals surface area contributed by atoms with Crippen molar-refractivity contribution in [1.29, 1.82) is 0 Å². The monoisotopic (exact) mass is 247 g/mol. The third-order valence-corrected chi connectivity index (χ3v) is 3.69. The van der Waals surface area contributed by atoms with E-state index in [1.165, 1.54) is 17.5 Å². The third-order valence-electron chi connectivity index (χ3n) is 3.69. The lowest BCUT2D eigenvalue weighted by atomic mass is 9.93. The largest absolute Gasteiger partial charge is 0.493 e. The highest BCUT2D eigenvalue weighted by molar-refractivity contribution is 5.45. The molecule has 1 aromatic rings. The van der Waals surface area contributed by atoms with E-state index in [9.17, 15) is 0 Å². The average molecular weight is 247 g/mol. The minimum atomic E-state index is 0.339. The van der Waals surface area contributed by atoms with Crippen LogP contribution in [0.2, 0.25) is 0 Å². The van der Waals surface area contributed by atoms with Gasteiger partial charge in [0.2, 0.25) is 0 Å². The Bertz CT molecular complexity index is 406. The summed E-state index contributed by atoms with van der Waals surface area (Å²) in [6, 6.07) is 6.95. The molecule has 1 aliphatic carbocycles. The van der Waals surface area contributed by atoms with Crippen LogP contribution in [0.25, 0.3) is 0 Å². The van der Waals surface area contributed by atoms with Gasteiger partial charge >= 0.3 is 0 Å². The zero-order valence-electron chi connectivity index (χ0n) is 12.0. The molecule has 2 nitrogen and oxygen atoms in total. The second-order valence-electron chi connectivity index (χ2n) is 6.36. The average Bonchev–Trinajstić information content (AvgIpc) is 2.71. The molecule has 1 unspecified atom stereocenters. The van der Waals surface area contributed by atoms with Crippen LogP contribution in [-0.2, 0) is 6.42 Å². The number of fused-ring (bicyclic) bond motifs is 1. The summed E-state index contributed by atoms with van der Waals surface area (Å²) in [5, 5.41) is 3.37. The topological polar surface area (TPSA) is 21.3 Å². The molecule has 2 rings (SSSR count). The lowest BCUT2D eigenvalue weighted by Gasteiger charge is -2.19. The van der Waals surface area contributed by atoms with Gasteiger partial charge in [-0.2, -0.15) is 0 Å². The SMILES string of the molecule is CNC1CCc2c(OCCC(C)(C)C)cccc21. The van der Waals surface area contributed by atoms with Crippen molar-refractivity contribution >= 4 is 0 Å². The Morgan fingerprint density at radius 1 is 1.33 bits per heavy atom. The first-order valence-corrected chi connectivity index (χ1v) is 6.93. The summed E-state index contributed by atoms with van der Waals surface area (Å²) in [6.07, 6.45) is 3.41. The summed E-state index contributed by atoms with van der Waals surface area (Å²) >= 11 is 0. The van der Waals surface area contributed by atoms with Gasteiger partial charge in [-0.1, -0.05) is 32.9 Å². The normalized spacial score (nSPS) is 18.8. The maximum Gasteiger partial charge on any atom is 0.122 e. The van der Waals surface area contributed by atoms with Gasteiger partial charge < -0.3 is 10.1 Å². The van der Waals surface area contributed by atoms with Crippen LogP contribution in [0.5, 0.6) is 5.75 Å². The van der Waals surface area contributed by atoms with Crippen molar-refractivity contribution in [3.8, 4) is 5.75 Å². The van der Waals surface area contributed by atoms with Gasteiger partial charge in [0.15, 0.2) is 0 Å². The molecule has 0 aliphatic heterocycles. The lowest BCUT2D eigenvalue weighted by Crippen LogP contribution is -2.13. The molecular weight excluding hydrogens is 222 g/mol. The molecule has 0 aromatic heterocycles. The van der Waals surface area contributed by atoms with Crippen LogP contribution >= 0.6 is 0 Å². The van der Waals surface area contributed by atoms with E-state index in [2.05, 4.69) is 44.3 Å². The fraction of sp³-hybridized carbons (Fsp3) is 0.625. The van der Waals surface area contributed by atoms with Gasteiger partial charge in [-0.25, -0.2) is 0 Å². The van der Waals surface area contributed by atoms with E-state index in [0.29, 0.717) is 11.5 Å². The molecule has 0 spiro atoms. The van der Waals surface area contributed by atoms with Crippen LogP contribution in [-0.4, -0.2) is 13.7 Å². The molecule has 1 N–H and O–H groups in total. The van der Waals surface area contributed by atoms with Gasteiger partial charge in [0.1, 0.15) is 5.75 Å². The molecule has 1 atom stereocenters. The summed E-state index contributed by atoms with van der Waals surface area (Å²) in [6.45, 7) is 7.57. The molecule has 0 saturated carbocycles. The van der Waals surface area contributed by atoms with E-state index >= 15 is 0 Å². The van der Waals surface area contributed by atoms with E-state index in [-0.39, 0.29) is 0 Å². The lowest BCUT2D eigenvalue weighted by molar-refractivity contribution is 0.241. The van der Waals surface area contributed by atoms with Crippen LogP contribution in [0.1, 0.15) is 50.8 Å². The van der Waals surface area contributed by atoms with Gasteiger partial charge in [-0.15, -0.1) is 0 Å². The Morgan fingerprint density at radius 3 is 2.78 bits per heavy atom. The summed E-state index contributed by atoms with van der Waals surface area (Å²) in [5.74, 6) is 1.09. The number of hydrogen-bond donors (Lipinski definition) is 1. The van der Waals surface area contributed by atoms with Gasteiger partial charge in [0, 0.05) is 6.04 Å². The van der Waals surface area contributed by atoms with Crippen LogP contribution in [0.3, 0.4) is 0 Å². The van der Waals surface area contributed by atoms with Crippen LogP contribution in [0, 0.1) is 5.41 Å². The predicted octanol–water partition coefficient (Wildman–Crippen LogP) is 3.71. The molecule has 1 aromatic carbocycles. The van der Waals surface area contributed by atoms with E-state index in [1.54, 1.807) is 0 Å². The van der Waals surface area contributed by atoms with E-state index in [4.69, 9.17) is 4.74 Å². The Kier molecular flexibility index (Phi) is 3.96. The summed E-state index contributed by atoms with van der Waals surface area (Å²) in [4.78, 5) is 0. The van der Waals surface area contributed by atoms with Crippen LogP contribution in [0.4, 0.5) is 0 Å². The molecule has 1 aliphatic rings. The maximum atomic E-state index is 5.99. The fourth-order valence-corrected chi connectivity index (χ4v) is 2.52. The van der Waals surface area contributed by atoms with Crippen molar-refractivity contribution in [1.82, 2.24) is 5.32 Å². The molecule has 0 amide bonds.